The second-order valence-corrected chi connectivity index (χ2v) is 4.78. The molecule has 0 saturated carbocycles. The zero-order valence-electron chi connectivity index (χ0n) is 11.3. The molecule has 0 unspecified atom stereocenters. The Hall–Kier alpha value is -1.86. The third-order valence-electron chi connectivity index (χ3n) is 3.39. The van der Waals surface area contributed by atoms with E-state index < -0.39 is 0 Å². The van der Waals surface area contributed by atoms with Crippen LogP contribution in [0.4, 0.5) is 0 Å². The Kier molecular flexibility index (Phi) is 4.53. The maximum absolute atomic E-state index is 11.8. The molecular formula is C15H19N3O. The van der Waals surface area contributed by atoms with Gasteiger partial charge < -0.3 is 0 Å². The molecule has 0 bridgehead atoms. The Labute approximate surface area is 114 Å². The summed E-state index contributed by atoms with van der Waals surface area (Å²) in [7, 11) is 0. The van der Waals surface area contributed by atoms with E-state index in [4.69, 9.17) is 5.26 Å². The summed E-state index contributed by atoms with van der Waals surface area (Å²) in [5.41, 5.74) is 1.84. The predicted octanol–water partition coefficient (Wildman–Crippen LogP) is 1.96. The number of amides is 1. The molecule has 0 atom stereocenters. The van der Waals surface area contributed by atoms with Crippen LogP contribution in [0.3, 0.4) is 0 Å². The summed E-state index contributed by atoms with van der Waals surface area (Å²) < 4.78 is 0. The van der Waals surface area contributed by atoms with Crippen molar-refractivity contribution in [3.05, 3.63) is 35.4 Å². The summed E-state index contributed by atoms with van der Waals surface area (Å²) in [5.74, 6) is 0.224. The molecule has 1 heterocycles. The first kappa shape index (κ1) is 13.6. The van der Waals surface area contributed by atoms with Crippen molar-refractivity contribution in [2.75, 3.05) is 19.6 Å². The molecule has 1 aromatic rings. The minimum Gasteiger partial charge on any atom is -0.275 e. The molecule has 100 valence electrons. The number of hydrogen-bond acceptors (Lipinski definition) is 3. The molecule has 1 fully saturated rings. The predicted molar refractivity (Wildman–Crippen MR) is 73.1 cm³/mol. The first-order chi connectivity index (χ1) is 9.24. The molecule has 2 rings (SSSR count). The summed E-state index contributed by atoms with van der Waals surface area (Å²) >= 11 is 0. The zero-order valence-corrected chi connectivity index (χ0v) is 11.3. The summed E-state index contributed by atoms with van der Waals surface area (Å²) in [6.45, 7) is 4.64. The Morgan fingerprint density at radius 2 is 2.00 bits per heavy atom. The highest BCUT2D eigenvalue weighted by Gasteiger charge is 2.27. The number of nitriles is 1. The maximum atomic E-state index is 11.8. The number of nitrogens with zero attached hydrogens (tertiary/aromatic N) is 3. The number of hydrazine groups is 1. The Balaban J connectivity index is 1.93. The van der Waals surface area contributed by atoms with Gasteiger partial charge in [0.15, 0.2) is 0 Å². The van der Waals surface area contributed by atoms with E-state index >= 15 is 0 Å². The van der Waals surface area contributed by atoms with Crippen molar-refractivity contribution in [3.8, 4) is 6.07 Å². The molecule has 1 saturated heterocycles. The van der Waals surface area contributed by atoms with Crippen molar-refractivity contribution in [2.24, 2.45) is 0 Å². The molecule has 1 aliphatic heterocycles. The highest BCUT2D eigenvalue weighted by molar-refractivity contribution is 5.77. The fourth-order valence-corrected chi connectivity index (χ4v) is 2.37. The van der Waals surface area contributed by atoms with E-state index in [1.54, 1.807) is 0 Å². The van der Waals surface area contributed by atoms with Crippen molar-refractivity contribution >= 4 is 5.91 Å². The molecular weight excluding hydrogens is 238 g/mol. The topological polar surface area (TPSA) is 47.3 Å². The fraction of sp³-hybridized carbons (Fsp3) is 0.467. The summed E-state index contributed by atoms with van der Waals surface area (Å²) in [5, 5.41) is 12.8. The van der Waals surface area contributed by atoms with E-state index in [2.05, 4.69) is 18.0 Å². The number of benzene rings is 1. The third-order valence-corrected chi connectivity index (χ3v) is 3.39. The van der Waals surface area contributed by atoms with E-state index in [1.165, 1.54) is 0 Å². The van der Waals surface area contributed by atoms with Gasteiger partial charge in [-0.2, -0.15) is 5.26 Å². The molecule has 0 radical (unpaired) electrons. The molecule has 4 heteroatoms. The Morgan fingerprint density at radius 1 is 1.26 bits per heavy atom. The largest absolute Gasteiger partial charge is 0.275 e. The Morgan fingerprint density at radius 3 is 2.63 bits per heavy atom. The number of carbonyl (C=O) groups excluding carboxylic acids is 1. The normalized spacial score (nSPS) is 15.8. The summed E-state index contributed by atoms with van der Waals surface area (Å²) in [6.07, 6.45) is 2.52. The van der Waals surface area contributed by atoms with Crippen LogP contribution in [0, 0.1) is 11.3 Å². The third kappa shape index (κ3) is 3.33. The van der Waals surface area contributed by atoms with Gasteiger partial charge in [0.2, 0.25) is 5.91 Å². The van der Waals surface area contributed by atoms with Crippen molar-refractivity contribution in [3.63, 3.8) is 0 Å². The standard InChI is InChI=1S/C15H19N3O/c1-2-9-17-10-8-15(19)18(17)11-7-13-3-5-14(12-16)6-4-13/h3-6H,2,7-11H2,1H3. The van der Waals surface area contributed by atoms with Crippen molar-refractivity contribution in [2.45, 2.75) is 26.2 Å². The highest BCUT2D eigenvalue weighted by atomic mass is 16.2. The lowest BCUT2D eigenvalue weighted by Crippen LogP contribution is -2.40. The minimum atomic E-state index is 0.224. The average Bonchev–Trinajstić information content (AvgIpc) is 2.78. The SMILES string of the molecule is CCCN1CCC(=O)N1CCc1ccc(C#N)cc1. The lowest BCUT2D eigenvalue weighted by Gasteiger charge is -2.27. The Bertz CT molecular complexity index is 475. The molecule has 4 nitrogen and oxygen atoms in total. The molecule has 0 aromatic heterocycles. The average molecular weight is 257 g/mol. The van der Waals surface area contributed by atoms with Gasteiger partial charge in [-0.1, -0.05) is 19.1 Å². The minimum absolute atomic E-state index is 0.224. The molecule has 0 N–H and O–H groups in total. The van der Waals surface area contributed by atoms with E-state index in [9.17, 15) is 4.79 Å². The molecule has 19 heavy (non-hydrogen) atoms. The highest BCUT2D eigenvalue weighted by Crippen LogP contribution is 2.14. The summed E-state index contributed by atoms with van der Waals surface area (Å²) in [6, 6.07) is 9.68. The molecule has 0 aliphatic carbocycles. The first-order valence-electron chi connectivity index (χ1n) is 6.79. The molecule has 1 aromatic carbocycles. The van der Waals surface area contributed by atoms with Crippen LogP contribution in [-0.2, 0) is 11.2 Å². The van der Waals surface area contributed by atoms with E-state index in [0.29, 0.717) is 12.0 Å². The number of hydrogen-bond donors (Lipinski definition) is 0. The van der Waals surface area contributed by atoms with E-state index in [1.807, 2.05) is 29.3 Å². The van der Waals surface area contributed by atoms with Gasteiger partial charge in [0.1, 0.15) is 0 Å². The molecule has 1 aliphatic rings. The van der Waals surface area contributed by atoms with Gasteiger partial charge >= 0.3 is 0 Å². The van der Waals surface area contributed by atoms with Crippen LogP contribution >= 0.6 is 0 Å². The van der Waals surface area contributed by atoms with Crippen LogP contribution in [0.2, 0.25) is 0 Å². The van der Waals surface area contributed by atoms with Crippen molar-refractivity contribution < 1.29 is 4.79 Å². The van der Waals surface area contributed by atoms with Crippen LogP contribution in [0.25, 0.3) is 0 Å². The maximum Gasteiger partial charge on any atom is 0.238 e. The lowest BCUT2D eigenvalue weighted by molar-refractivity contribution is -0.137. The monoisotopic (exact) mass is 257 g/mol. The van der Waals surface area contributed by atoms with Crippen molar-refractivity contribution in [1.82, 2.24) is 10.0 Å². The van der Waals surface area contributed by atoms with Gasteiger partial charge in [0.25, 0.3) is 0 Å². The molecule has 1 amide bonds. The summed E-state index contributed by atoms with van der Waals surface area (Å²) in [4.78, 5) is 11.8. The smallest absolute Gasteiger partial charge is 0.238 e. The van der Waals surface area contributed by atoms with Gasteiger partial charge in [-0.3, -0.25) is 9.80 Å². The fourth-order valence-electron chi connectivity index (χ4n) is 2.37. The number of carbonyl (C=O) groups is 1. The second-order valence-electron chi connectivity index (χ2n) is 4.78. The second kappa shape index (κ2) is 6.35. The van der Waals surface area contributed by atoms with Gasteiger partial charge in [0, 0.05) is 26.1 Å². The molecule has 0 spiro atoms. The van der Waals surface area contributed by atoms with Crippen molar-refractivity contribution in [1.29, 1.82) is 5.26 Å². The lowest BCUT2D eigenvalue weighted by atomic mass is 10.1. The van der Waals surface area contributed by atoms with Crippen LogP contribution in [0.1, 0.15) is 30.9 Å². The van der Waals surface area contributed by atoms with Gasteiger partial charge in [0.05, 0.1) is 11.6 Å². The van der Waals surface area contributed by atoms with Gasteiger partial charge in [-0.15, -0.1) is 0 Å². The number of rotatable bonds is 5. The van der Waals surface area contributed by atoms with E-state index in [0.717, 1.165) is 38.0 Å². The van der Waals surface area contributed by atoms with Crippen LogP contribution in [0.5, 0.6) is 0 Å². The van der Waals surface area contributed by atoms with Gasteiger partial charge in [-0.05, 0) is 30.5 Å². The van der Waals surface area contributed by atoms with Crippen LogP contribution < -0.4 is 0 Å². The van der Waals surface area contributed by atoms with Gasteiger partial charge in [-0.25, -0.2) is 5.01 Å². The van der Waals surface area contributed by atoms with Crippen LogP contribution in [0.15, 0.2) is 24.3 Å². The van der Waals surface area contributed by atoms with Crippen LogP contribution in [-0.4, -0.2) is 35.6 Å². The zero-order chi connectivity index (χ0) is 13.7. The first-order valence-corrected chi connectivity index (χ1v) is 6.79. The quantitative estimate of drug-likeness (QED) is 0.810. The van der Waals surface area contributed by atoms with E-state index in [-0.39, 0.29) is 5.91 Å².